The molecule has 0 unspecified atom stereocenters. The van der Waals surface area contributed by atoms with Crippen molar-refractivity contribution >= 4 is 39.7 Å². The summed E-state index contributed by atoms with van der Waals surface area (Å²) in [6, 6.07) is 21.2. The number of nitrogens with one attached hydrogen (secondary N) is 1. The number of halogens is 1. The maximum atomic E-state index is 13.0. The summed E-state index contributed by atoms with van der Waals surface area (Å²) in [7, 11) is 0. The lowest BCUT2D eigenvalue weighted by atomic mass is 9.83. The van der Waals surface area contributed by atoms with E-state index in [1.165, 1.54) is 0 Å². The van der Waals surface area contributed by atoms with Crippen LogP contribution in [-0.4, -0.2) is 31.2 Å². The minimum atomic E-state index is -0.593. The number of benzene rings is 3. The van der Waals surface area contributed by atoms with Gasteiger partial charge in [-0.1, -0.05) is 30.3 Å². The predicted octanol–water partition coefficient (Wildman–Crippen LogP) is 6.04. The molecule has 2 aliphatic heterocycles. The number of hydrogen-bond donors (Lipinski definition) is 1. The maximum absolute atomic E-state index is 13.0. The number of anilines is 1. The molecule has 3 aromatic carbocycles. The minimum Gasteiger partial charge on any atom is -0.352 e. The minimum absolute atomic E-state index is 0.0115. The van der Waals surface area contributed by atoms with E-state index in [0.717, 1.165) is 40.5 Å². The molecule has 3 aromatic rings. The first-order chi connectivity index (χ1) is 19.4. The summed E-state index contributed by atoms with van der Waals surface area (Å²) in [5, 5.41) is 21.2. The van der Waals surface area contributed by atoms with Crippen molar-refractivity contribution in [1.82, 2.24) is 5.32 Å². The molecule has 208 valence electrons. The van der Waals surface area contributed by atoms with Crippen LogP contribution in [-0.2, 0) is 23.7 Å². The first-order valence-electron chi connectivity index (χ1n) is 13.4. The SMILES string of the molecule is CC(C)(C#N)c1ccc2c(c1)CCN(c1cccc(Br)c1C=O)C2=O.CC(C)(C#N)c1ccc2c(c1)CCNC2=O. The highest BCUT2D eigenvalue weighted by Gasteiger charge is 2.29. The Morgan fingerprint density at radius 3 is 2.05 bits per heavy atom. The Morgan fingerprint density at radius 2 is 1.46 bits per heavy atom. The number of nitriles is 2. The number of carbonyl (C=O) groups is 3. The monoisotopic (exact) mass is 610 g/mol. The number of rotatable bonds is 4. The lowest BCUT2D eigenvalue weighted by Gasteiger charge is -2.30. The number of fused-ring (bicyclic) bond motifs is 2. The fourth-order valence-electron chi connectivity index (χ4n) is 4.93. The van der Waals surface area contributed by atoms with Gasteiger partial charge in [-0.2, -0.15) is 10.5 Å². The second-order valence-corrected chi connectivity index (χ2v) is 12.1. The molecule has 0 aliphatic carbocycles. The molecule has 41 heavy (non-hydrogen) atoms. The molecule has 8 heteroatoms. The van der Waals surface area contributed by atoms with Crippen molar-refractivity contribution in [2.75, 3.05) is 18.0 Å². The highest BCUT2D eigenvalue weighted by atomic mass is 79.9. The van der Waals surface area contributed by atoms with Crippen molar-refractivity contribution in [2.24, 2.45) is 0 Å². The average Bonchev–Trinajstić information content (AvgIpc) is 2.97. The molecular weight excluding hydrogens is 580 g/mol. The van der Waals surface area contributed by atoms with E-state index in [2.05, 4.69) is 33.4 Å². The van der Waals surface area contributed by atoms with Gasteiger partial charge in [-0.15, -0.1) is 0 Å². The summed E-state index contributed by atoms with van der Waals surface area (Å²) in [4.78, 5) is 37.6. The van der Waals surface area contributed by atoms with E-state index in [1.54, 1.807) is 23.1 Å². The number of carbonyl (C=O) groups excluding carboxylic acids is 3. The Balaban J connectivity index is 0.000000208. The quantitative estimate of drug-likeness (QED) is 0.362. The van der Waals surface area contributed by atoms with Crippen LogP contribution in [0.4, 0.5) is 5.69 Å². The van der Waals surface area contributed by atoms with E-state index in [4.69, 9.17) is 5.26 Å². The smallest absolute Gasteiger partial charge is 0.258 e. The third-order valence-electron chi connectivity index (χ3n) is 7.66. The molecule has 2 heterocycles. The van der Waals surface area contributed by atoms with E-state index < -0.39 is 10.8 Å². The van der Waals surface area contributed by atoms with Gasteiger partial charge in [-0.25, -0.2) is 0 Å². The molecule has 0 fully saturated rings. The predicted molar refractivity (Wildman–Crippen MR) is 161 cm³/mol. The summed E-state index contributed by atoms with van der Waals surface area (Å²) in [6.07, 6.45) is 2.29. The second-order valence-electron chi connectivity index (χ2n) is 11.2. The van der Waals surface area contributed by atoms with E-state index in [1.807, 2.05) is 64.1 Å². The van der Waals surface area contributed by atoms with Crippen LogP contribution >= 0.6 is 15.9 Å². The highest BCUT2D eigenvalue weighted by Crippen LogP contribution is 2.32. The lowest BCUT2D eigenvalue weighted by molar-refractivity contribution is 0.0943. The largest absolute Gasteiger partial charge is 0.352 e. The fraction of sp³-hybridized carbons (Fsp3) is 0.303. The lowest BCUT2D eigenvalue weighted by Crippen LogP contribution is -2.38. The average molecular weight is 612 g/mol. The highest BCUT2D eigenvalue weighted by molar-refractivity contribution is 9.10. The van der Waals surface area contributed by atoms with Crippen molar-refractivity contribution in [3.05, 3.63) is 98.0 Å². The van der Waals surface area contributed by atoms with Crippen molar-refractivity contribution < 1.29 is 14.4 Å². The molecule has 0 bridgehead atoms. The summed E-state index contributed by atoms with van der Waals surface area (Å²) in [6.45, 7) is 8.68. The van der Waals surface area contributed by atoms with Crippen molar-refractivity contribution in [3.63, 3.8) is 0 Å². The zero-order valence-electron chi connectivity index (χ0n) is 23.5. The van der Waals surface area contributed by atoms with E-state index in [0.29, 0.717) is 40.8 Å². The Bertz CT molecular complexity index is 1630. The van der Waals surface area contributed by atoms with E-state index >= 15 is 0 Å². The van der Waals surface area contributed by atoms with Gasteiger partial charge in [0.1, 0.15) is 0 Å². The Kier molecular flexibility index (Phi) is 8.47. The molecule has 2 aliphatic rings. The van der Waals surface area contributed by atoms with Gasteiger partial charge in [0.05, 0.1) is 34.2 Å². The fourth-order valence-corrected chi connectivity index (χ4v) is 5.38. The molecule has 0 atom stereocenters. The van der Waals surface area contributed by atoms with Gasteiger partial charge < -0.3 is 10.2 Å². The van der Waals surface area contributed by atoms with E-state index in [9.17, 15) is 19.6 Å². The third-order valence-corrected chi connectivity index (χ3v) is 8.35. The van der Waals surface area contributed by atoms with Crippen LogP contribution in [0.25, 0.3) is 0 Å². The summed E-state index contributed by atoms with van der Waals surface area (Å²) >= 11 is 3.37. The molecular formula is C33H31BrN4O3. The van der Waals surface area contributed by atoms with Gasteiger partial charge in [0, 0.05) is 28.7 Å². The molecule has 7 nitrogen and oxygen atoms in total. The molecule has 2 amide bonds. The molecule has 1 N–H and O–H groups in total. The van der Waals surface area contributed by atoms with Gasteiger partial charge in [0.2, 0.25) is 0 Å². The number of nitrogens with zero attached hydrogens (tertiary/aromatic N) is 3. The molecule has 5 rings (SSSR count). The van der Waals surface area contributed by atoms with Gasteiger partial charge in [0.15, 0.2) is 6.29 Å². The Hall–Kier alpha value is -4.27. The Morgan fingerprint density at radius 1 is 0.878 bits per heavy atom. The topological polar surface area (TPSA) is 114 Å². The van der Waals surface area contributed by atoms with Crippen LogP contribution < -0.4 is 10.2 Å². The third kappa shape index (κ3) is 5.94. The number of aldehydes is 1. The van der Waals surface area contributed by atoms with Crippen molar-refractivity contribution in [2.45, 2.75) is 51.4 Å². The van der Waals surface area contributed by atoms with Crippen LogP contribution in [0.2, 0.25) is 0 Å². The summed E-state index contributed by atoms with van der Waals surface area (Å²) < 4.78 is 0.671. The summed E-state index contributed by atoms with van der Waals surface area (Å²) in [5.74, 6) is -0.133. The molecule has 0 saturated carbocycles. The van der Waals surface area contributed by atoms with Crippen LogP contribution in [0.3, 0.4) is 0 Å². The normalized spacial score (nSPS) is 14.4. The standard InChI is InChI=1S/C20H17BrN2O2.C13H14N2O/c1-20(2,12-22)14-6-7-15-13(10-14)8-9-23(19(15)25)18-5-3-4-17(21)16(18)11-24;1-13(2,8-14)10-3-4-11-9(7-10)5-6-15-12(11)16/h3-7,10-11H,8-9H2,1-2H3;3-4,7H,5-6H2,1-2H3,(H,15,16). The van der Waals surface area contributed by atoms with Crippen LogP contribution in [0, 0.1) is 22.7 Å². The summed E-state index contributed by atoms with van der Waals surface area (Å²) in [5.41, 5.74) is 5.24. The first kappa shape index (κ1) is 29.7. The zero-order valence-corrected chi connectivity index (χ0v) is 25.1. The zero-order chi connectivity index (χ0) is 29.9. The Labute approximate surface area is 248 Å². The van der Waals surface area contributed by atoms with Crippen LogP contribution in [0.1, 0.15) is 81.0 Å². The van der Waals surface area contributed by atoms with E-state index in [-0.39, 0.29) is 11.8 Å². The van der Waals surface area contributed by atoms with Gasteiger partial charge in [-0.05, 0) is 103 Å². The van der Waals surface area contributed by atoms with Gasteiger partial charge in [-0.3, -0.25) is 14.4 Å². The first-order valence-corrected chi connectivity index (χ1v) is 14.2. The molecule has 0 saturated heterocycles. The second kappa shape index (κ2) is 11.7. The number of amides is 2. The number of hydrogen-bond acceptors (Lipinski definition) is 5. The van der Waals surface area contributed by atoms with Crippen LogP contribution in [0.5, 0.6) is 0 Å². The maximum Gasteiger partial charge on any atom is 0.258 e. The molecule has 0 spiro atoms. The molecule has 0 radical (unpaired) electrons. The van der Waals surface area contributed by atoms with Crippen LogP contribution in [0.15, 0.2) is 59.1 Å². The van der Waals surface area contributed by atoms with Gasteiger partial charge in [0.25, 0.3) is 11.8 Å². The molecule has 0 aromatic heterocycles. The van der Waals surface area contributed by atoms with Crippen molar-refractivity contribution in [1.29, 1.82) is 10.5 Å². The van der Waals surface area contributed by atoms with Crippen molar-refractivity contribution in [3.8, 4) is 12.1 Å². The van der Waals surface area contributed by atoms with Gasteiger partial charge >= 0.3 is 0 Å².